The van der Waals surface area contributed by atoms with Crippen molar-refractivity contribution in [3.05, 3.63) is 64.0 Å². The molecule has 90 valence electrons. The molecule has 0 saturated carbocycles. The number of anilines is 1. The molecule has 2 heterocycles. The molecule has 0 spiro atoms. The number of aromatic nitrogens is 2. The minimum Gasteiger partial charge on any atom is -0.379 e. The van der Waals surface area contributed by atoms with Crippen LogP contribution in [0.1, 0.15) is 5.69 Å². The zero-order valence-electron chi connectivity index (χ0n) is 9.54. The molecular weight excluding hydrogens is 246 g/mol. The van der Waals surface area contributed by atoms with Gasteiger partial charge in [-0.2, -0.15) is 0 Å². The molecule has 5 heteroatoms. The van der Waals surface area contributed by atoms with Gasteiger partial charge in [0.15, 0.2) is 4.96 Å². The number of thiazole rings is 1. The molecule has 0 radical (unpaired) electrons. The Hall–Kier alpha value is -2.14. The molecule has 0 atom stereocenters. The van der Waals surface area contributed by atoms with Crippen LogP contribution in [-0.4, -0.2) is 9.38 Å². The van der Waals surface area contributed by atoms with Crippen molar-refractivity contribution in [3.8, 4) is 0 Å². The fraction of sp³-hybridized carbons (Fsp3) is 0.0769. The van der Waals surface area contributed by atoms with Crippen LogP contribution in [0.15, 0.2) is 52.8 Å². The lowest BCUT2D eigenvalue weighted by Crippen LogP contribution is -2.14. The average Bonchev–Trinajstić information content (AvgIpc) is 2.86. The van der Waals surface area contributed by atoms with Gasteiger partial charge < -0.3 is 5.32 Å². The second-order valence-electron chi connectivity index (χ2n) is 3.86. The van der Waals surface area contributed by atoms with E-state index in [2.05, 4.69) is 10.3 Å². The maximum absolute atomic E-state index is 11.8. The van der Waals surface area contributed by atoms with Crippen molar-refractivity contribution < 1.29 is 0 Å². The summed E-state index contributed by atoms with van der Waals surface area (Å²) in [6.45, 7) is 0.549. The van der Waals surface area contributed by atoms with E-state index in [9.17, 15) is 4.79 Å². The summed E-state index contributed by atoms with van der Waals surface area (Å²) in [6, 6.07) is 11.4. The van der Waals surface area contributed by atoms with E-state index >= 15 is 0 Å². The first-order valence-electron chi connectivity index (χ1n) is 5.58. The lowest BCUT2D eigenvalue weighted by atomic mass is 10.3. The van der Waals surface area contributed by atoms with Crippen LogP contribution in [0, 0.1) is 0 Å². The second kappa shape index (κ2) is 4.62. The minimum atomic E-state index is -0.0360. The monoisotopic (exact) mass is 257 g/mol. The quantitative estimate of drug-likeness (QED) is 0.783. The molecule has 1 aromatic carbocycles. The third kappa shape index (κ3) is 2.12. The van der Waals surface area contributed by atoms with Crippen molar-refractivity contribution in [1.82, 2.24) is 9.38 Å². The maximum Gasteiger partial charge on any atom is 0.258 e. The summed E-state index contributed by atoms with van der Waals surface area (Å²) in [6.07, 6.45) is 1.74. The highest BCUT2D eigenvalue weighted by Crippen LogP contribution is 2.09. The van der Waals surface area contributed by atoms with Crippen molar-refractivity contribution in [1.29, 1.82) is 0 Å². The highest BCUT2D eigenvalue weighted by atomic mass is 32.1. The van der Waals surface area contributed by atoms with E-state index in [1.807, 2.05) is 35.7 Å². The van der Waals surface area contributed by atoms with Crippen molar-refractivity contribution in [2.24, 2.45) is 0 Å². The van der Waals surface area contributed by atoms with Crippen molar-refractivity contribution in [2.45, 2.75) is 6.54 Å². The van der Waals surface area contributed by atoms with Crippen LogP contribution in [0.5, 0.6) is 0 Å². The van der Waals surface area contributed by atoms with Crippen LogP contribution < -0.4 is 10.9 Å². The number of hydrogen-bond donors (Lipinski definition) is 1. The maximum atomic E-state index is 11.8. The van der Waals surface area contributed by atoms with Gasteiger partial charge in [-0.3, -0.25) is 9.20 Å². The summed E-state index contributed by atoms with van der Waals surface area (Å²) < 4.78 is 1.55. The summed E-state index contributed by atoms with van der Waals surface area (Å²) in [5.74, 6) is 0. The smallest absolute Gasteiger partial charge is 0.258 e. The first-order valence-corrected chi connectivity index (χ1v) is 6.45. The van der Waals surface area contributed by atoms with Gasteiger partial charge in [-0.1, -0.05) is 18.2 Å². The Bertz CT molecular complexity index is 718. The van der Waals surface area contributed by atoms with Crippen LogP contribution >= 0.6 is 11.3 Å². The third-order valence-corrected chi connectivity index (χ3v) is 3.36. The molecule has 0 saturated heterocycles. The summed E-state index contributed by atoms with van der Waals surface area (Å²) in [5.41, 5.74) is 1.74. The summed E-state index contributed by atoms with van der Waals surface area (Å²) in [7, 11) is 0. The number of nitrogens with one attached hydrogen (secondary N) is 1. The molecule has 0 bridgehead atoms. The lowest BCUT2D eigenvalue weighted by Gasteiger charge is -2.05. The van der Waals surface area contributed by atoms with Crippen LogP contribution in [0.4, 0.5) is 5.69 Å². The fourth-order valence-corrected chi connectivity index (χ4v) is 2.47. The Morgan fingerprint density at radius 2 is 2.11 bits per heavy atom. The van der Waals surface area contributed by atoms with Crippen LogP contribution in [0.25, 0.3) is 4.96 Å². The fourth-order valence-electron chi connectivity index (χ4n) is 1.73. The van der Waals surface area contributed by atoms with E-state index in [4.69, 9.17) is 0 Å². The van der Waals surface area contributed by atoms with Gasteiger partial charge in [0, 0.05) is 23.3 Å². The predicted molar refractivity (Wildman–Crippen MR) is 73.1 cm³/mol. The second-order valence-corrected chi connectivity index (χ2v) is 4.73. The standard InChI is InChI=1S/C13H11N3OS/c17-12-8-11(15-13-16(12)6-7-18-13)9-14-10-4-2-1-3-5-10/h1-8,14H,9H2. The van der Waals surface area contributed by atoms with Gasteiger partial charge in [0.05, 0.1) is 12.2 Å². The lowest BCUT2D eigenvalue weighted by molar-refractivity contribution is 0.990. The highest BCUT2D eigenvalue weighted by molar-refractivity contribution is 7.15. The van der Waals surface area contributed by atoms with Gasteiger partial charge in [-0.15, -0.1) is 11.3 Å². The summed E-state index contributed by atoms with van der Waals surface area (Å²) in [4.78, 5) is 16.9. The molecule has 3 rings (SSSR count). The van der Waals surface area contributed by atoms with Gasteiger partial charge >= 0.3 is 0 Å². The molecule has 0 aliphatic rings. The van der Waals surface area contributed by atoms with Crippen LogP contribution in [-0.2, 0) is 6.54 Å². The molecule has 0 aliphatic carbocycles. The van der Waals surface area contributed by atoms with Gasteiger partial charge in [0.1, 0.15) is 0 Å². The minimum absolute atomic E-state index is 0.0360. The van der Waals surface area contributed by atoms with E-state index in [-0.39, 0.29) is 5.56 Å². The molecule has 0 aliphatic heterocycles. The normalized spacial score (nSPS) is 10.7. The molecule has 0 amide bonds. The van der Waals surface area contributed by atoms with E-state index < -0.39 is 0 Å². The van der Waals surface area contributed by atoms with Crippen molar-refractivity contribution >= 4 is 22.0 Å². The number of rotatable bonds is 3. The van der Waals surface area contributed by atoms with Crippen LogP contribution in [0.3, 0.4) is 0 Å². The molecule has 18 heavy (non-hydrogen) atoms. The largest absolute Gasteiger partial charge is 0.379 e. The average molecular weight is 257 g/mol. The van der Waals surface area contributed by atoms with E-state index in [0.29, 0.717) is 6.54 Å². The molecule has 0 fully saturated rings. The molecule has 2 aromatic heterocycles. The summed E-state index contributed by atoms with van der Waals surface area (Å²) in [5, 5.41) is 5.10. The van der Waals surface area contributed by atoms with E-state index in [0.717, 1.165) is 16.3 Å². The number of nitrogens with zero attached hydrogens (tertiary/aromatic N) is 2. The molecule has 1 N–H and O–H groups in total. The molecular formula is C13H11N3OS. The SMILES string of the molecule is O=c1cc(CNc2ccccc2)nc2sccn12. The van der Waals surface area contributed by atoms with Gasteiger partial charge in [-0.25, -0.2) is 4.98 Å². The number of benzene rings is 1. The van der Waals surface area contributed by atoms with Crippen LogP contribution in [0.2, 0.25) is 0 Å². The first kappa shape index (κ1) is 11.0. The zero-order valence-corrected chi connectivity index (χ0v) is 10.4. The Labute approximate surface area is 108 Å². The Balaban J connectivity index is 1.85. The topological polar surface area (TPSA) is 46.4 Å². The van der Waals surface area contributed by atoms with Gasteiger partial charge in [0.25, 0.3) is 5.56 Å². The van der Waals surface area contributed by atoms with Gasteiger partial charge in [-0.05, 0) is 12.1 Å². The Morgan fingerprint density at radius 1 is 1.28 bits per heavy atom. The van der Waals surface area contributed by atoms with E-state index in [1.54, 1.807) is 16.7 Å². The number of para-hydroxylation sites is 1. The first-order chi connectivity index (χ1) is 8.83. The Kier molecular flexibility index (Phi) is 2.82. The van der Waals surface area contributed by atoms with E-state index in [1.165, 1.54) is 11.3 Å². The Morgan fingerprint density at radius 3 is 2.94 bits per heavy atom. The predicted octanol–water partition coefficient (Wildman–Crippen LogP) is 2.37. The molecule has 3 aromatic rings. The zero-order chi connectivity index (χ0) is 12.4. The third-order valence-electron chi connectivity index (χ3n) is 2.60. The summed E-state index contributed by atoms with van der Waals surface area (Å²) >= 11 is 1.46. The molecule has 0 unspecified atom stereocenters. The highest BCUT2D eigenvalue weighted by Gasteiger charge is 2.02. The number of fused-ring (bicyclic) bond motifs is 1. The molecule has 4 nitrogen and oxygen atoms in total. The van der Waals surface area contributed by atoms with Crippen molar-refractivity contribution in [3.63, 3.8) is 0 Å². The van der Waals surface area contributed by atoms with Gasteiger partial charge in [0.2, 0.25) is 0 Å². The van der Waals surface area contributed by atoms with Crippen molar-refractivity contribution in [2.75, 3.05) is 5.32 Å². The number of hydrogen-bond acceptors (Lipinski definition) is 4.